The number of benzene rings is 2. The van der Waals surface area contributed by atoms with E-state index in [0.29, 0.717) is 12.2 Å². The van der Waals surface area contributed by atoms with Gasteiger partial charge in [0.1, 0.15) is 11.5 Å². The van der Waals surface area contributed by atoms with Gasteiger partial charge in [0.15, 0.2) is 5.96 Å². The molecule has 0 aliphatic heterocycles. The smallest absolute Gasteiger partial charge is 0.253 e. The normalized spacial score (nSPS) is 11.0. The van der Waals surface area contributed by atoms with Crippen LogP contribution >= 0.6 is 0 Å². The molecule has 0 saturated heterocycles. The van der Waals surface area contributed by atoms with E-state index in [9.17, 15) is 4.79 Å². The van der Waals surface area contributed by atoms with Gasteiger partial charge in [0.05, 0.1) is 13.7 Å². The van der Waals surface area contributed by atoms with Gasteiger partial charge in [0, 0.05) is 39.8 Å². The molecule has 1 amide bonds. The second-order valence-corrected chi connectivity index (χ2v) is 6.95. The molecule has 0 aliphatic carbocycles. The van der Waals surface area contributed by atoms with Crippen molar-refractivity contribution in [3.8, 4) is 11.5 Å². The SMILES string of the molecule is CN=C(NCCCOc1ccc(OC)cc1)NCCc1cccc(C(=O)N(C)C)c1. The molecule has 0 radical (unpaired) electrons. The maximum Gasteiger partial charge on any atom is 0.253 e. The molecule has 0 atom stereocenters. The number of carbonyl (C=O) groups is 1. The summed E-state index contributed by atoms with van der Waals surface area (Å²) in [4.78, 5) is 17.9. The van der Waals surface area contributed by atoms with E-state index in [1.807, 2.05) is 48.5 Å². The molecule has 2 aromatic rings. The lowest BCUT2D eigenvalue weighted by atomic mass is 10.1. The van der Waals surface area contributed by atoms with E-state index in [1.54, 1.807) is 33.2 Å². The average Bonchev–Trinajstić information content (AvgIpc) is 2.77. The summed E-state index contributed by atoms with van der Waals surface area (Å²) in [6.07, 6.45) is 1.65. The summed E-state index contributed by atoms with van der Waals surface area (Å²) in [5, 5.41) is 6.58. The highest BCUT2D eigenvalue weighted by molar-refractivity contribution is 5.94. The molecule has 0 aromatic heterocycles. The fourth-order valence-electron chi connectivity index (χ4n) is 2.80. The van der Waals surface area contributed by atoms with Gasteiger partial charge in [-0.15, -0.1) is 0 Å². The number of nitrogens with one attached hydrogen (secondary N) is 2. The van der Waals surface area contributed by atoms with Gasteiger partial charge >= 0.3 is 0 Å². The lowest BCUT2D eigenvalue weighted by Gasteiger charge is -2.13. The first kappa shape index (κ1) is 23.1. The minimum atomic E-state index is 0.0131. The first-order valence-corrected chi connectivity index (χ1v) is 10.1. The number of aliphatic imine (C=N–C) groups is 1. The molecule has 0 aliphatic rings. The standard InChI is InChI=1S/C23H32N4O3/c1-24-23(25-14-6-16-30-21-11-9-20(29-4)10-12-21)26-15-13-18-7-5-8-19(17-18)22(28)27(2)3/h5,7-12,17H,6,13-16H2,1-4H3,(H2,24,25,26). The molecule has 2 aromatic carbocycles. The van der Waals surface area contributed by atoms with Crippen LogP contribution in [0, 0.1) is 0 Å². The van der Waals surface area contributed by atoms with Crippen LogP contribution in [0.2, 0.25) is 0 Å². The Morgan fingerprint density at radius 1 is 1.03 bits per heavy atom. The lowest BCUT2D eigenvalue weighted by Crippen LogP contribution is -2.39. The maximum atomic E-state index is 12.1. The van der Waals surface area contributed by atoms with Crippen molar-refractivity contribution in [1.82, 2.24) is 15.5 Å². The van der Waals surface area contributed by atoms with E-state index < -0.39 is 0 Å². The molecule has 2 N–H and O–H groups in total. The van der Waals surface area contributed by atoms with Crippen LogP contribution in [0.25, 0.3) is 0 Å². The molecule has 7 nitrogen and oxygen atoms in total. The first-order valence-electron chi connectivity index (χ1n) is 10.1. The van der Waals surface area contributed by atoms with E-state index in [-0.39, 0.29) is 5.91 Å². The fraction of sp³-hybridized carbons (Fsp3) is 0.391. The summed E-state index contributed by atoms with van der Waals surface area (Å²) < 4.78 is 10.9. The van der Waals surface area contributed by atoms with Crippen molar-refractivity contribution in [2.24, 2.45) is 4.99 Å². The maximum absolute atomic E-state index is 12.1. The third kappa shape index (κ3) is 7.66. The molecule has 0 unspecified atom stereocenters. The predicted molar refractivity (Wildman–Crippen MR) is 121 cm³/mol. The molecule has 0 bridgehead atoms. The minimum absolute atomic E-state index is 0.0131. The Balaban J connectivity index is 1.66. The van der Waals surface area contributed by atoms with Gasteiger partial charge in [0.2, 0.25) is 0 Å². The topological polar surface area (TPSA) is 75.2 Å². The number of nitrogens with zero attached hydrogens (tertiary/aromatic N) is 2. The Kier molecular flexibility index (Phi) is 9.51. The van der Waals surface area contributed by atoms with Gasteiger partial charge in [0.25, 0.3) is 5.91 Å². The second-order valence-electron chi connectivity index (χ2n) is 6.95. The molecule has 0 heterocycles. The monoisotopic (exact) mass is 412 g/mol. The van der Waals surface area contributed by atoms with E-state index in [0.717, 1.165) is 49.0 Å². The Morgan fingerprint density at radius 2 is 1.73 bits per heavy atom. The minimum Gasteiger partial charge on any atom is -0.497 e. The van der Waals surface area contributed by atoms with Crippen molar-refractivity contribution in [1.29, 1.82) is 0 Å². The number of hydrogen-bond acceptors (Lipinski definition) is 4. The van der Waals surface area contributed by atoms with E-state index in [2.05, 4.69) is 15.6 Å². The van der Waals surface area contributed by atoms with E-state index >= 15 is 0 Å². The molecule has 162 valence electrons. The third-order valence-corrected chi connectivity index (χ3v) is 4.45. The molecule has 0 saturated carbocycles. The second kappa shape index (κ2) is 12.4. The largest absolute Gasteiger partial charge is 0.497 e. The zero-order chi connectivity index (χ0) is 21.8. The highest BCUT2D eigenvalue weighted by Gasteiger charge is 2.08. The van der Waals surface area contributed by atoms with Crippen LogP contribution in [-0.2, 0) is 6.42 Å². The van der Waals surface area contributed by atoms with Crippen molar-refractivity contribution < 1.29 is 14.3 Å². The van der Waals surface area contributed by atoms with Crippen LogP contribution in [-0.4, -0.2) is 64.7 Å². The van der Waals surface area contributed by atoms with Crippen LogP contribution in [0.15, 0.2) is 53.5 Å². The van der Waals surface area contributed by atoms with Crippen LogP contribution in [0.3, 0.4) is 0 Å². The Hall–Kier alpha value is -3.22. The molecule has 2 rings (SSSR count). The molecule has 30 heavy (non-hydrogen) atoms. The predicted octanol–water partition coefficient (Wildman–Crippen LogP) is 2.57. The summed E-state index contributed by atoms with van der Waals surface area (Å²) in [6.45, 7) is 2.09. The summed E-state index contributed by atoms with van der Waals surface area (Å²) in [6, 6.07) is 15.3. The Morgan fingerprint density at radius 3 is 2.40 bits per heavy atom. The van der Waals surface area contributed by atoms with Gasteiger partial charge in [-0.1, -0.05) is 12.1 Å². The number of rotatable bonds is 10. The summed E-state index contributed by atoms with van der Waals surface area (Å²) in [5.74, 6) is 2.40. The number of hydrogen-bond donors (Lipinski definition) is 2. The molecule has 0 fully saturated rings. The number of guanidine groups is 1. The van der Waals surface area contributed by atoms with Crippen molar-refractivity contribution in [3.63, 3.8) is 0 Å². The lowest BCUT2D eigenvalue weighted by molar-refractivity contribution is 0.0827. The van der Waals surface area contributed by atoms with Crippen molar-refractivity contribution in [3.05, 3.63) is 59.7 Å². The average molecular weight is 413 g/mol. The molecular formula is C23H32N4O3. The quantitative estimate of drug-likeness (QED) is 0.356. The molecule has 7 heteroatoms. The van der Waals surface area contributed by atoms with Crippen molar-refractivity contribution >= 4 is 11.9 Å². The molecular weight excluding hydrogens is 380 g/mol. The Bertz CT molecular complexity index is 819. The number of carbonyl (C=O) groups excluding carboxylic acids is 1. The fourth-order valence-corrected chi connectivity index (χ4v) is 2.80. The van der Waals surface area contributed by atoms with E-state index in [4.69, 9.17) is 9.47 Å². The van der Waals surface area contributed by atoms with Crippen LogP contribution in [0.1, 0.15) is 22.3 Å². The summed E-state index contributed by atoms with van der Waals surface area (Å²) in [5.41, 5.74) is 1.82. The van der Waals surface area contributed by atoms with Gasteiger partial charge in [-0.3, -0.25) is 9.79 Å². The summed E-state index contributed by atoms with van der Waals surface area (Å²) >= 11 is 0. The number of methoxy groups -OCH3 is 1. The van der Waals surface area contributed by atoms with Gasteiger partial charge in [-0.2, -0.15) is 0 Å². The number of ether oxygens (including phenoxy) is 2. The first-order chi connectivity index (χ1) is 14.5. The third-order valence-electron chi connectivity index (χ3n) is 4.45. The van der Waals surface area contributed by atoms with Crippen LogP contribution in [0.4, 0.5) is 0 Å². The van der Waals surface area contributed by atoms with Gasteiger partial charge < -0.3 is 25.0 Å². The number of amides is 1. The molecule has 0 spiro atoms. The van der Waals surface area contributed by atoms with E-state index in [1.165, 1.54) is 0 Å². The van der Waals surface area contributed by atoms with Crippen LogP contribution < -0.4 is 20.1 Å². The van der Waals surface area contributed by atoms with Crippen LogP contribution in [0.5, 0.6) is 11.5 Å². The highest BCUT2D eigenvalue weighted by atomic mass is 16.5. The van der Waals surface area contributed by atoms with Gasteiger partial charge in [-0.25, -0.2) is 0 Å². The zero-order valence-corrected chi connectivity index (χ0v) is 18.3. The highest BCUT2D eigenvalue weighted by Crippen LogP contribution is 2.16. The zero-order valence-electron chi connectivity index (χ0n) is 18.3. The Labute approximate surface area is 179 Å². The van der Waals surface area contributed by atoms with Crippen molar-refractivity contribution in [2.45, 2.75) is 12.8 Å². The van der Waals surface area contributed by atoms with Gasteiger partial charge in [-0.05, 0) is 54.8 Å². The van der Waals surface area contributed by atoms with Crippen molar-refractivity contribution in [2.75, 3.05) is 47.9 Å². The summed E-state index contributed by atoms with van der Waals surface area (Å²) in [7, 11) is 6.91.